The molecule has 0 radical (unpaired) electrons. The van der Waals surface area contributed by atoms with Gasteiger partial charge in [-0.15, -0.1) is 0 Å². The second kappa shape index (κ2) is 8.13. The summed E-state index contributed by atoms with van der Waals surface area (Å²) in [5.74, 6) is -3.04. The Morgan fingerprint density at radius 2 is 2.12 bits per heavy atom. The first-order valence-corrected chi connectivity index (χ1v) is 7.93. The molecule has 1 heterocycles. The molecular formula is C16H16ClF2N3O4. The van der Waals surface area contributed by atoms with Crippen molar-refractivity contribution in [1.29, 1.82) is 0 Å². The number of carbonyl (C=O) groups is 1. The van der Waals surface area contributed by atoms with Crippen LogP contribution in [0.4, 0.5) is 14.7 Å². The van der Waals surface area contributed by atoms with Crippen LogP contribution in [0, 0.1) is 11.6 Å². The molecule has 2 aromatic rings. The summed E-state index contributed by atoms with van der Waals surface area (Å²) in [5, 5.41) is 11.0. The van der Waals surface area contributed by atoms with Crippen molar-refractivity contribution in [3.8, 4) is 5.88 Å². The van der Waals surface area contributed by atoms with Gasteiger partial charge in [0.2, 0.25) is 11.8 Å². The van der Waals surface area contributed by atoms with Crippen LogP contribution in [0.25, 0.3) is 0 Å². The fourth-order valence-electron chi connectivity index (χ4n) is 2.13. The van der Waals surface area contributed by atoms with Crippen LogP contribution in [0.5, 0.6) is 5.88 Å². The zero-order chi connectivity index (χ0) is 19.4. The molecule has 0 bridgehead atoms. The number of halogens is 3. The minimum absolute atomic E-state index is 0.0392. The van der Waals surface area contributed by atoms with E-state index in [0.29, 0.717) is 6.07 Å². The molecule has 0 fully saturated rings. The molecule has 0 saturated carbocycles. The van der Waals surface area contributed by atoms with Crippen molar-refractivity contribution in [2.45, 2.75) is 26.5 Å². The number of benzene rings is 1. The predicted octanol–water partition coefficient (Wildman–Crippen LogP) is 2.83. The third kappa shape index (κ3) is 4.48. The smallest absolute Gasteiger partial charge is 0.322 e. The SMILES string of the molecule is CC(C)n1c(NCC(=O)O)nc(OCc2ccc(F)cc2F)c(Cl)c1=O. The van der Waals surface area contributed by atoms with Crippen molar-refractivity contribution in [2.75, 3.05) is 11.9 Å². The summed E-state index contributed by atoms with van der Waals surface area (Å²) >= 11 is 5.99. The highest BCUT2D eigenvalue weighted by Gasteiger charge is 2.19. The van der Waals surface area contributed by atoms with Crippen LogP contribution in [0.2, 0.25) is 5.02 Å². The fourth-order valence-corrected chi connectivity index (χ4v) is 2.32. The van der Waals surface area contributed by atoms with E-state index >= 15 is 0 Å². The molecule has 0 aliphatic rings. The Morgan fingerprint density at radius 1 is 1.42 bits per heavy atom. The van der Waals surface area contributed by atoms with Crippen LogP contribution < -0.4 is 15.6 Å². The highest BCUT2D eigenvalue weighted by Crippen LogP contribution is 2.23. The topological polar surface area (TPSA) is 93.5 Å². The number of nitrogens with zero attached hydrogens (tertiary/aromatic N) is 2. The molecule has 2 N–H and O–H groups in total. The summed E-state index contributed by atoms with van der Waals surface area (Å²) < 4.78 is 33.1. The zero-order valence-electron chi connectivity index (χ0n) is 13.9. The number of aliphatic carboxylic acids is 1. The van der Waals surface area contributed by atoms with Crippen LogP contribution in [0.3, 0.4) is 0 Å². The second-order valence-electron chi connectivity index (χ2n) is 5.60. The molecule has 2 rings (SSSR count). The summed E-state index contributed by atoms with van der Waals surface area (Å²) in [4.78, 5) is 27.2. The van der Waals surface area contributed by atoms with Gasteiger partial charge in [-0.3, -0.25) is 14.2 Å². The van der Waals surface area contributed by atoms with Gasteiger partial charge in [-0.25, -0.2) is 8.78 Å². The lowest BCUT2D eigenvalue weighted by Crippen LogP contribution is -2.29. The molecule has 10 heteroatoms. The molecule has 0 saturated heterocycles. The fraction of sp³-hybridized carbons (Fsp3) is 0.312. The summed E-state index contributed by atoms with van der Waals surface area (Å²) in [6.45, 7) is 2.56. The second-order valence-corrected chi connectivity index (χ2v) is 5.97. The zero-order valence-corrected chi connectivity index (χ0v) is 14.7. The maximum Gasteiger partial charge on any atom is 0.322 e. The summed E-state index contributed by atoms with van der Waals surface area (Å²) in [7, 11) is 0. The molecule has 0 amide bonds. The van der Waals surface area contributed by atoms with Crippen molar-refractivity contribution in [3.05, 3.63) is 50.8 Å². The number of hydrogen-bond acceptors (Lipinski definition) is 5. The molecule has 1 aromatic heterocycles. The van der Waals surface area contributed by atoms with Crippen molar-refractivity contribution < 1.29 is 23.4 Å². The van der Waals surface area contributed by atoms with Gasteiger partial charge in [0.05, 0.1) is 0 Å². The van der Waals surface area contributed by atoms with Crippen LogP contribution >= 0.6 is 11.6 Å². The van der Waals surface area contributed by atoms with E-state index in [-0.39, 0.29) is 35.1 Å². The molecule has 26 heavy (non-hydrogen) atoms. The first kappa shape index (κ1) is 19.6. The minimum Gasteiger partial charge on any atom is -0.480 e. The Bertz CT molecular complexity index is 887. The quantitative estimate of drug-likeness (QED) is 0.758. The Kier molecular flexibility index (Phi) is 6.14. The number of anilines is 1. The monoisotopic (exact) mass is 387 g/mol. The van der Waals surface area contributed by atoms with E-state index in [1.807, 2.05) is 0 Å². The summed E-state index contributed by atoms with van der Waals surface area (Å²) in [6, 6.07) is 2.60. The van der Waals surface area contributed by atoms with Gasteiger partial charge in [0, 0.05) is 17.7 Å². The van der Waals surface area contributed by atoms with Gasteiger partial charge in [0.15, 0.2) is 5.02 Å². The molecule has 7 nitrogen and oxygen atoms in total. The molecule has 0 unspecified atom stereocenters. The van der Waals surface area contributed by atoms with Gasteiger partial charge in [-0.1, -0.05) is 11.6 Å². The van der Waals surface area contributed by atoms with Gasteiger partial charge in [0.1, 0.15) is 24.8 Å². The first-order valence-electron chi connectivity index (χ1n) is 7.55. The maximum absolute atomic E-state index is 13.7. The molecule has 1 aromatic carbocycles. The van der Waals surface area contributed by atoms with Gasteiger partial charge < -0.3 is 15.2 Å². The number of nitrogens with one attached hydrogen (secondary N) is 1. The first-order chi connectivity index (χ1) is 12.2. The lowest BCUT2D eigenvalue weighted by molar-refractivity contribution is -0.134. The maximum atomic E-state index is 13.7. The van der Waals surface area contributed by atoms with Crippen LogP contribution in [0.15, 0.2) is 23.0 Å². The van der Waals surface area contributed by atoms with Crippen molar-refractivity contribution in [1.82, 2.24) is 9.55 Å². The largest absolute Gasteiger partial charge is 0.480 e. The number of carboxylic acids is 1. The van der Waals surface area contributed by atoms with E-state index in [2.05, 4.69) is 10.3 Å². The highest BCUT2D eigenvalue weighted by molar-refractivity contribution is 6.31. The van der Waals surface area contributed by atoms with Crippen molar-refractivity contribution in [2.24, 2.45) is 0 Å². The molecule has 0 spiro atoms. The number of hydrogen-bond donors (Lipinski definition) is 2. The molecule has 140 valence electrons. The van der Waals surface area contributed by atoms with E-state index in [0.717, 1.165) is 6.07 Å². The Morgan fingerprint density at radius 3 is 2.69 bits per heavy atom. The third-order valence-corrected chi connectivity index (χ3v) is 3.65. The predicted molar refractivity (Wildman–Crippen MR) is 90.7 cm³/mol. The Hall–Kier alpha value is -2.68. The van der Waals surface area contributed by atoms with Gasteiger partial charge in [-0.05, 0) is 26.0 Å². The van der Waals surface area contributed by atoms with Crippen LogP contribution in [-0.4, -0.2) is 27.2 Å². The number of aromatic nitrogens is 2. The number of carboxylic acid groups (broad SMARTS) is 1. The van der Waals surface area contributed by atoms with Crippen molar-refractivity contribution in [3.63, 3.8) is 0 Å². The Labute approximate surface area is 152 Å². The van der Waals surface area contributed by atoms with Gasteiger partial charge in [0.25, 0.3) is 5.56 Å². The van der Waals surface area contributed by atoms with Gasteiger partial charge in [-0.2, -0.15) is 4.98 Å². The summed E-state index contributed by atoms with van der Waals surface area (Å²) in [5.41, 5.74) is -0.600. The Balaban J connectivity index is 2.35. The van der Waals surface area contributed by atoms with E-state index in [1.165, 1.54) is 10.6 Å². The highest BCUT2D eigenvalue weighted by atomic mass is 35.5. The minimum atomic E-state index is -1.15. The average molecular weight is 388 g/mol. The van der Waals surface area contributed by atoms with E-state index < -0.39 is 29.7 Å². The van der Waals surface area contributed by atoms with E-state index in [4.69, 9.17) is 21.4 Å². The van der Waals surface area contributed by atoms with E-state index in [9.17, 15) is 18.4 Å². The van der Waals surface area contributed by atoms with Crippen LogP contribution in [0.1, 0.15) is 25.5 Å². The van der Waals surface area contributed by atoms with E-state index in [1.54, 1.807) is 13.8 Å². The average Bonchev–Trinajstić information content (AvgIpc) is 2.55. The molecule has 0 aliphatic carbocycles. The van der Waals surface area contributed by atoms with Crippen molar-refractivity contribution >= 4 is 23.5 Å². The third-order valence-electron chi connectivity index (χ3n) is 3.32. The molecular weight excluding hydrogens is 372 g/mol. The summed E-state index contributed by atoms with van der Waals surface area (Å²) in [6.07, 6.45) is 0. The standard InChI is InChI=1S/C16H16ClF2N3O4/c1-8(2)22-15(25)13(17)14(21-16(22)20-6-12(23)24)26-7-9-3-4-10(18)5-11(9)19/h3-5,8H,6-7H2,1-2H3,(H,20,21)(H,23,24). The lowest BCUT2D eigenvalue weighted by Gasteiger charge is -2.18. The normalized spacial score (nSPS) is 10.8. The van der Waals surface area contributed by atoms with Gasteiger partial charge >= 0.3 is 5.97 Å². The molecule has 0 atom stereocenters. The molecule has 0 aliphatic heterocycles. The lowest BCUT2D eigenvalue weighted by atomic mass is 10.2. The number of ether oxygens (including phenoxy) is 1. The van der Waals surface area contributed by atoms with Crippen LogP contribution in [-0.2, 0) is 11.4 Å². The number of rotatable bonds is 7.